The Balaban J connectivity index is 1.36. The number of aromatic nitrogens is 2. The number of hydrogen-bond donors (Lipinski definition) is 2. The molecule has 1 aliphatic rings. The smallest absolute Gasteiger partial charge is 0.275 e. The van der Waals surface area contributed by atoms with Gasteiger partial charge in [0.15, 0.2) is 5.69 Å². The van der Waals surface area contributed by atoms with Crippen LogP contribution in [0.5, 0.6) is 0 Å². The molecule has 3 aromatic carbocycles. The number of aliphatic hydroxyl groups excluding tert-OH is 1. The van der Waals surface area contributed by atoms with Crippen LogP contribution in [-0.4, -0.2) is 33.4 Å². The number of carbonyl (C=O) groups excluding carboxylic acids is 1. The molecule has 4 aromatic rings. The van der Waals surface area contributed by atoms with Gasteiger partial charge in [-0.1, -0.05) is 78.3 Å². The highest BCUT2D eigenvalue weighted by Crippen LogP contribution is 2.44. The molecule has 0 spiro atoms. The fourth-order valence-electron chi connectivity index (χ4n) is 4.94. The number of rotatable bonds is 7. The van der Waals surface area contributed by atoms with Gasteiger partial charge in [-0.15, -0.1) is 11.8 Å². The van der Waals surface area contributed by atoms with Crippen molar-refractivity contribution in [1.29, 1.82) is 0 Å². The minimum Gasteiger partial charge on any atom is -0.390 e. The zero-order chi connectivity index (χ0) is 26.6. The molecule has 1 aliphatic heterocycles. The molecule has 38 heavy (non-hydrogen) atoms. The van der Waals surface area contributed by atoms with E-state index in [0.29, 0.717) is 23.4 Å². The number of nitrogens with one attached hydrogen (secondary N) is 1. The van der Waals surface area contributed by atoms with E-state index in [-0.39, 0.29) is 23.6 Å². The summed E-state index contributed by atoms with van der Waals surface area (Å²) in [5.74, 6) is -0.255. The van der Waals surface area contributed by atoms with Gasteiger partial charge in [0.2, 0.25) is 5.43 Å². The first-order valence-corrected chi connectivity index (χ1v) is 13.8. The highest BCUT2D eigenvalue weighted by molar-refractivity contribution is 7.98. The minimum absolute atomic E-state index is 0.0481. The molecule has 2 N–H and O–H groups in total. The van der Waals surface area contributed by atoms with Gasteiger partial charge in [-0.05, 0) is 41.2 Å². The first kappa shape index (κ1) is 26.2. The maximum absolute atomic E-state index is 13.1. The van der Waals surface area contributed by atoms with E-state index in [9.17, 15) is 14.7 Å². The van der Waals surface area contributed by atoms with Gasteiger partial charge < -0.3 is 10.4 Å². The molecule has 6 nitrogen and oxygen atoms in total. The van der Waals surface area contributed by atoms with E-state index < -0.39 is 12.0 Å². The van der Waals surface area contributed by atoms with Gasteiger partial charge in [-0.25, -0.2) is 0 Å². The van der Waals surface area contributed by atoms with Crippen molar-refractivity contribution in [1.82, 2.24) is 15.1 Å². The summed E-state index contributed by atoms with van der Waals surface area (Å²) >= 11 is 8.17. The number of fused-ring (bicyclic) bond motifs is 2. The van der Waals surface area contributed by atoms with Crippen LogP contribution in [-0.2, 0) is 25.6 Å². The molecule has 0 aliphatic carbocycles. The third-order valence-corrected chi connectivity index (χ3v) is 8.43. The zero-order valence-corrected chi connectivity index (χ0v) is 22.5. The quantitative estimate of drug-likeness (QED) is 0.350. The highest BCUT2D eigenvalue weighted by Gasteiger charge is 2.31. The lowest BCUT2D eigenvalue weighted by Crippen LogP contribution is -2.39. The van der Waals surface area contributed by atoms with E-state index in [1.54, 1.807) is 25.0 Å². The first-order chi connectivity index (χ1) is 18.4. The Morgan fingerprint density at radius 3 is 2.63 bits per heavy atom. The molecule has 0 bridgehead atoms. The molecule has 2 heterocycles. The van der Waals surface area contributed by atoms with Crippen LogP contribution in [0.1, 0.15) is 44.2 Å². The third-order valence-electron chi connectivity index (χ3n) is 6.80. The second-order valence-electron chi connectivity index (χ2n) is 9.39. The molecule has 0 saturated heterocycles. The number of thioether (sulfide) groups is 1. The lowest BCUT2D eigenvalue weighted by molar-refractivity contribution is 0.0896. The molecule has 1 aromatic heterocycles. The van der Waals surface area contributed by atoms with E-state index in [1.165, 1.54) is 4.68 Å². The average molecular weight is 546 g/mol. The van der Waals surface area contributed by atoms with Gasteiger partial charge >= 0.3 is 0 Å². The zero-order valence-electron chi connectivity index (χ0n) is 20.9. The summed E-state index contributed by atoms with van der Waals surface area (Å²) in [7, 11) is 1.69. The topological polar surface area (TPSA) is 84.2 Å². The summed E-state index contributed by atoms with van der Waals surface area (Å²) in [5.41, 5.74) is 4.11. The maximum atomic E-state index is 13.1. The average Bonchev–Trinajstić information content (AvgIpc) is 3.10. The van der Waals surface area contributed by atoms with Crippen molar-refractivity contribution in [3.63, 3.8) is 0 Å². The van der Waals surface area contributed by atoms with Crippen molar-refractivity contribution >= 4 is 29.3 Å². The molecule has 8 heteroatoms. The predicted molar refractivity (Wildman–Crippen MR) is 151 cm³/mol. The summed E-state index contributed by atoms with van der Waals surface area (Å²) in [6, 6.07) is 23.6. The van der Waals surface area contributed by atoms with Crippen LogP contribution in [0.3, 0.4) is 0 Å². The Hall–Kier alpha value is -3.39. The fourth-order valence-corrected chi connectivity index (χ4v) is 6.42. The van der Waals surface area contributed by atoms with Crippen molar-refractivity contribution in [2.75, 3.05) is 6.54 Å². The van der Waals surface area contributed by atoms with Gasteiger partial charge in [-0.2, -0.15) is 5.10 Å². The van der Waals surface area contributed by atoms with Crippen molar-refractivity contribution in [2.24, 2.45) is 7.05 Å². The third kappa shape index (κ3) is 5.55. The summed E-state index contributed by atoms with van der Waals surface area (Å²) in [4.78, 5) is 27.2. The number of halogens is 1. The van der Waals surface area contributed by atoms with Crippen molar-refractivity contribution in [3.05, 3.63) is 128 Å². The van der Waals surface area contributed by atoms with Gasteiger partial charge in [-0.3, -0.25) is 14.3 Å². The van der Waals surface area contributed by atoms with Gasteiger partial charge in [0.05, 0.1) is 11.1 Å². The Bertz CT molecular complexity index is 1520. The number of aliphatic hydroxyl groups is 1. The molecule has 2 atom stereocenters. The first-order valence-electron chi connectivity index (χ1n) is 12.5. The summed E-state index contributed by atoms with van der Waals surface area (Å²) in [6.45, 7) is -0.0481. The normalized spacial score (nSPS) is 15.2. The Kier molecular flexibility index (Phi) is 7.98. The van der Waals surface area contributed by atoms with Crippen LogP contribution in [0, 0.1) is 0 Å². The Labute approximate surface area is 230 Å². The van der Waals surface area contributed by atoms with Crippen molar-refractivity contribution in [3.8, 4) is 0 Å². The van der Waals surface area contributed by atoms with Crippen LogP contribution in [0.25, 0.3) is 0 Å². The standard InChI is InChI=1S/C30H28ClN3O3S/c1-34-17-20(15-14-19-8-3-2-4-9-19)28(36)27(33-34)30(37)32-16-25(35)26-22-11-6-5-10-21(22)18-38-29-23(26)12-7-13-24(29)31/h2-13,17,25-26,35H,14-16,18H2,1H3,(H,32,37). The molecule has 0 radical (unpaired) electrons. The summed E-state index contributed by atoms with van der Waals surface area (Å²) < 4.78 is 1.49. The van der Waals surface area contributed by atoms with Crippen molar-refractivity contribution in [2.45, 2.75) is 35.5 Å². The number of benzene rings is 3. The molecule has 2 unspecified atom stereocenters. The second-order valence-corrected chi connectivity index (χ2v) is 10.8. The van der Waals surface area contributed by atoms with E-state index in [2.05, 4.69) is 16.5 Å². The van der Waals surface area contributed by atoms with Crippen LogP contribution < -0.4 is 10.7 Å². The predicted octanol–water partition coefficient (Wildman–Crippen LogP) is 4.75. The number of aryl methyl sites for hydroxylation is 3. The molecular weight excluding hydrogens is 518 g/mol. The second kappa shape index (κ2) is 11.6. The molecular formula is C30H28ClN3O3S. The molecule has 1 amide bonds. The van der Waals surface area contributed by atoms with Gasteiger partial charge in [0.1, 0.15) is 0 Å². The molecule has 194 valence electrons. The van der Waals surface area contributed by atoms with E-state index in [4.69, 9.17) is 11.6 Å². The molecule has 5 rings (SSSR count). The number of carbonyl (C=O) groups is 1. The van der Waals surface area contributed by atoms with Gasteiger partial charge in [0, 0.05) is 41.9 Å². The maximum Gasteiger partial charge on any atom is 0.275 e. The van der Waals surface area contributed by atoms with Crippen LogP contribution in [0.4, 0.5) is 0 Å². The number of hydrogen-bond acceptors (Lipinski definition) is 5. The Morgan fingerprint density at radius 1 is 1.08 bits per heavy atom. The Morgan fingerprint density at radius 2 is 1.82 bits per heavy atom. The molecule has 0 fully saturated rings. The SMILES string of the molecule is Cn1cc(CCc2ccccc2)c(=O)c(C(=O)NCC(O)C2c3ccccc3CSc3c(Cl)cccc32)n1. The fraction of sp³-hybridized carbons (Fsp3) is 0.233. The lowest BCUT2D eigenvalue weighted by atomic mass is 9.84. The largest absolute Gasteiger partial charge is 0.390 e. The van der Waals surface area contributed by atoms with Crippen molar-refractivity contribution < 1.29 is 9.90 Å². The number of amides is 1. The monoisotopic (exact) mass is 545 g/mol. The lowest BCUT2D eigenvalue weighted by Gasteiger charge is -2.26. The summed E-state index contributed by atoms with van der Waals surface area (Å²) in [6.07, 6.45) is 1.90. The summed E-state index contributed by atoms with van der Waals surface area (Å²) in [5, 5.41) is 19.0. The van der Waals surface area contributed by atoms with Crippen LogP contribution in [0.15, 0.2) is 88.7 Å². The highest BCUT2D eigenvalue weighted by atomic mass is 35.5. The number of nitrogens with zero attached hydrogens (tertiary/aromatic N) is 2. The minimum atomic E-state index is -0.943. The molecule has 0 saturated carbocycles. The van der Waals surface area contributed by atoms with Gasteiger partial charge in [0.25, 0.3) is 5.91 Å². The van der Waals surface area contributed by atoms with Crippen LogP contribution >= 0.6 is 23.4 Å². The van der Waals surface area contributed by atoms with E-state index in [0.717, 1.165) is 32.9 Å². The van der Waals surface area contributed by atoms with E-state index >= 15 is 0 Å². The van der Waals surface area contributed by atoms with Crippen LogP contribution in [0.2, 0.25) is 5.02 Å². The van der Waals surface area contributed by atoms with E-state index in [1.807, 2.05) is 66.7 Å².